The van der Waals surface area contributed by atoms with Crippen LogP contribution in [-0.2, 0) is 9.09 Å². The van der Waals surface area contributed by atoms with Crippen molar-refractivity contribution < 1.29 is 9.09 Å². The van der Waals surface area contributed by atoms with Gasteiger partial charge in [-0.1, -0.05) is 0 Å². The van der Waals surface area contributed by atoms with Crippen LogP contribution in [-0.4, -0.2) is 79.5 Å². The Hall–Kier alpha value is 1.23. The standard InChI is InChI=1S/C7H15Cl2N2O2P.C5H11Cl2N/c8-2-4-10-14(12)11(6-3-9)5-1-7-13-14;1-8(4-2-6)5-3-7/h1-7H2,(H,10,12);2-5H2,1H3. The molecule has 1 aliphatic rings. The first-order valence-corrected chi connectivity index (χ1v) is 10.9. The van der Waals surface area contributed by atoms with Gasteiger partial charge in [0.15, 0.2) is 0 Å². The minimum atomic E-state index is -2.84. The molecule has 1 saturated heterocycles. The average molecular weight is 417 g/mol. The topological polar surface area (TPSA) is 44.8 Å². The van der Waals surface area contributed by atoms with E-state index in [4.69, 9.17) is 50.9 Å². The highest BCUT2D eigenvalue weighted by Crippen LogP contribution is 2.48. The number of alkyl halides is 4. The Bertz CT molecular complexity index is 308. The summed E-state index contributed by atoms with van der Waals surface area (Å²) in [6, 6.07) is 0. The molecule has 1 aliphatic heterocycles. The Morgan fingerprint density at radius 1 is 1.14 bits per heavy atom. The Labute approximate surface area is 154 Å². The van der Waals surface area contributed by atoms with Crippen LogP contribution >= 0.6 is 54.1 Å². The molecule has 5 nitrogen and oxygen atoms in total. The first-order valence-electron chi connectivity index (χ1n) is 7.21. The lowest BCUT2D eigenvalue weighted by atomic mass is 10.4. The smallest absolute Gasteiger partial charge is 0.306 e. The Morgan fingerprint density at radius 3 is 2.27 bits per heavy atom. The van der Waals surface area contributed by atoms with Gasteiger partial charge in [0.05, 0.1) is 6.61 Å². The molecule has 0 aromatic carbocycles. The number of nitrogens with zero attached hydrogens (tertiary/aromatic N) is 2. The second kappa shape index (κ2) is 14.6. The maximum absolute atomic E-state index is 12.2. The van der Waals surface area contributed by atoms with Gasteiger partial charge in [-0.05, 0) is 13.5 Å². The molecule has 0 aliphatic carbocycles. The number of hydrogen-bond acceptors (Lipinski definition) is 3. The molecule has 1 rings (SSSR count). The molecule has 1 atom stereocenters. The highest BCUT2D eigenvalue weighted by molar-refractivity contribution is 7.54. The molecule has 10 heteroatoms. The zero-order valence-electron chi connectivity index (χ0n) is 12.9. The molecule has 0 aromatic heterocycles. The van der Waals surface area contributed by atoms with Gasteiger partial charge in [-0.15, -0.1) is 46.4 Å². The van der Waals surface area contributed by atoms with E-state index in [-0.39, 0.29) is 0 Å². The van der Waals surface area contributed by atoms with E-state index in [1.807, 2.05) is 7.05 Å². The van der Waals surface area contributed by atoms with E-state index in [0.29, 0.717) is 43.2 Å². The van der Waals surface area contributed by atoms with E-state index >= 15 is 0 Å². The van der Waals surface area contributed by atoms with Crippen molar-refractivity contribution >= 4 is 54.1 Å². The van der Waals surface area contributed by atoms with Crippen LogP contribution in [0.2, 0.25) is 0 Å². The lowest BCUT2D eigenvalue weighted by Gasteiger charge is -2.34. The summed E-state index contributed by atoms with van der Waals surface area (Å²) < 4.78 is 19.2. The van der Waals surface area contributed by atoms with Crippen molar-refractivity contribution in [3.63, 3.8) is 0 Å². The van der Waals surface area contributed by atoms with Crippen molar-refractivity contribution in [2.24, 2.45) is 0 Å². The molecule has 1 N–H and O–H groups in total. The van der Waals surface area contributed by atoms with E-state index in [1.165, 1.54) is 0 Å². The number of rotatable bonds is 9. The summed E-state index contributed by atoms with van der Waals surface area (Å²) >= 11 is 22.0. The molecule has 0 spiro atoms. The van der Waals surface area contributed by atoms with Crippen molar-refractivity contribution in [3.8, 4) is 0 Å². The van der Waals surface area contributed by atoms with Gasteiger partial charge < -0.3 is 9.42 Å². The van der Waals surface area contributed by atoms with E-state index in [9.17, 15) is 4.57 Å². The predicted molar refractivity (Wildman–Crippen MR) is 98.1 cm³/mol. The summed E-state index contributed by atoms with van der Waals surface area (Å²) in [6.45, 7) is 4.21. The van der Waals surface area contributed by atoms with Crippen molar-refractivity contribution in [1.82, 2.24) is 14.7 Å². The molecule has 1 fully saturated rings. The number of hydrogen-bond donors (Lipinski definition) is 1. The van der Waals surface area contributed by atoms with E-state index in [1.54, 1.807) is 4.67 Å². The summed E-state index contributed by atoms with van der Waals surface area (Å²) in [4.78, 5) is 2.10. The largest absolute Gasteiger partial charge is 0.343 e. The van der Waals surface area contributed by atoms with Crippen LogP contribution in [0.1, 0.15) is 6.42 Å². The Balaban J connectivity index is 0.000000472. The number of nitrogens with one attached hydrogen (secondary N) is 1. The quantitative estimate of drug-likeness (QED) is 0.461. The zero-order chi connectivity index (χ0) is 16.8. The maximum atomic E-state index is 12.2. The summed E-state index contributed by atoms with van der Waals surface area (Å²) in [6.07, 6.45) is 0.892. The lowest BCUT2D eigenvalue weighted by molar-refractivity contribution is 0.203. The molecule has 0 aromatic rings. The second-order valence-corrected chi connectivity index (χ2v) is 8.32. The van der Waals surface area contributed by atoms with Gasteiger partial charge in [0.25, 0.3) is 0 Å². The summed E-state index contributed by atoms with van der Waals surface area (Å²) in [5.74, 6) is 2.25. The monoisotopic (exact) mass is 415 g/mol. The Morgan fingerprint density at radius 2 is 1.77 bits per heavy atom. The van der Waals surface area contributed by atoms with Gasteiger partial charge in [-0.25, -0.2) is 9.76 Å². The fraction of sp³-hybridized carbons (Fsp3) is 1.00. The summed E-state index contributed by atoms with van der Waals surface area (Å²) in [7, 11) is -0.837. The van der Waals surface area contributed by atoms with Crippen LogP contribution in [0, 0.1) is 0 Å². The first-order chi connectivity index (χ1) is 10.5. The van der Waals surface area contributed by atoms with Crippen molar-refractivity contribution in [1.29, 1.82) is 0 Å². The number of halogens is 4. The molecule has 22 heavy (non-hydrogen) atoms. The SMILES string of the molecule is CN(CCCl)CCCl.O=P1(NCCCl)OCCCN1CCCl. The molecule has 1 heterocycles. The molecule has 0 amide bonds. The third-order valence-electron chi connectivity index (χ3n) is 2.88. The van der Waals surface area contributed by atoms with Crippen LogP contribution in [0.15, 0.2) is 0 Å². The van der Waals surface area contributed by atoms with E-state index < -0.39 is 7.67 Å². The van der Waals surface area contributed by atoms with Crippen LogP contribution in [0.3, 0.4) is 0 Å². The minimum absolute atomic E-state index is 0.419. The fourth-order valence-electron chi connectivity index (χ4n) is 1.72. The Kier molecular flexibility index (Phi) is 15.4. The van der Waals surface area contributed by atoms with Crippen LogP contribution < -0.4 is 5.09 Å². The third-order valence-corrected chi connectivity index (χ3v) is 5.88. The molecular formula is C12H26Cl4N3O2P. The first kappa shape index (κ1) is 23.2. The van der Waals surface area contributed by atoms with Gasteiger partial charge in [-0.3, -0.25) is 4.57 Å². The van der Waals surface area contributed by atoms with E-state index in [0.717, 1.165) is 26.1 Å². The van der Waals surface area contributed by atoms with Crippen LogP contribution in [0.25, 0.3) is 0 Å². The van der Waals surface area contributed by atoms with Crippen molar-refractivity contribution in [3.05, 3.63) is 0 Å². The third kappa shape index (κ3) is 10.2. The van der Waals surface area contributed by atoms with Gasteiger partial charge in [0.1, 0.15) is 0 Å². The van der Waals surface area contributed by atoms with E-state index in [2.05, 4.69) is 9.99 Å². The highest BCUT2D eigenvalue weighted by atomic mass is 35.5. The predicted octanol–water partition coefficient (Wildman–Crippen LogP) is 3.28. The van der Waals surface area contributed by atoms with Crippen LogP contribution in [0.4, 0.5) is 0 Å². The molecule has 0 bridgehead atoms. The normalized spacial score (nSPS) is 22.5. The zero-order valence-corrected chi connectivity index (χ0v) is 16.9. The molecule has 0 radical (unpaired) electrons. The lowest BCUT2D eigenvalue weighted by Crippen LogP contribution is -2.36. The summed E-state index contributed by atoms with van der Waals surface area (Å²) in [5, 5.41) is 2.85. The van der Waals surface area contributed by atoms with Crippen molar-refractivity contribution in [2.75, 3.05) is 69.9 Å². The molecule has 134 valence electrons. The maximum Gasteiger partial charge on any atom is 0.343 e. The molecule has 0 saturated carbocycles. The molecule has 1 unspecified atom stereocenters. The fourth-order valence-corrected chi connectivity index (χ4v) is 4.84. The van der Waals surface area contributed by atoms with Crippen LogP contribution in [0.5, 0.6) is 0 Å². The minimum Gasteiger partial charge on any atom is -0.306 e. The summed E-state index contributed by atoms with van der Waals surface area (Å²) in [5.41, 5.74) is 0. The van der Waals surface area contributed by atoms with Gasteiger partial charge in [0.2, 0.25) is 0 Å². The van der Waals surface area contributed by atoms with Crippen molar-refractivity contribution in [2.45, 2.75) is 6.42 Å². The van der Waals surface area contributed by atoms with Gasteiger partial charge in [0, 0.05) is 56.2 Å². The molecular weight excluding hydrogens is 391 g/mol. The van der Waals surface area contributed by atoms with Gasteiger partial charge in [-0.2, -0.15) is 0 Å². The highest BCUT2D eigenvalue weighted by Gasteiger charge is 2.33. The van der Waals surface area contributed by atoms with Gasteiger partial charge >= 0.3 is 7.67 Å². The average Bonchev–Trinajstić information content (AvgIpc) is 2.49. The second-order valence-electron chi connectivity index (χ2n) is 4.63.